The van der Waals surface area contributed by atoms with Crippen LogP contribution >= 0.6 is 11.6 Å². The van der Waals surface area contributed by atoms with Gasteiger partial charge in [0.05, 0.1) is 0 Å². The van der Waals surface area contributed by atoms with Crippen LogP contribution in [-0.2, 0) is 5.88 Å². The monoisotopic (exact) mass is 236 g/mol. The normalized spacial score (nSPS) is 10.7. The fourth-order valence-corrected chi connectivity index (χ4v) is 1.44. The Labute approximate surface area is 89.0 Å². The second-order valence-corrected chi connectivity index (χ2v) is 3.12. The summed E-state index contributed by atoms with van der Waals surface area (Å²) in [6, 6.07) is 1.32. The number of aromatic nitrogens is 1. The van der Waals surface area contributed by atoms with E-state index in [1.165, 1.54) is 13.0 Å². The highest BCUT2D eigenvalue weighted by Crippen LogP contribution is 2.31. The van der Waals surface area contributed by atoms with Crippen molar-refractivity contribution in [3.8, 4) is 0 Å². The summed E-state index contributed by atoms with van der Waals surface area (Å²) in [5.41, 5.74) is -0.354. The zero-order chi connectivity index (χ0) is 11.6. The molecular weight excluding hydrogens is 230 g/mol. The maximum absolute atomic E-state index is 12.6. The molecule has 0 unspecified atom stereocenters. The Hall–Kier alpha value is -1.30. The van der Waals surface area contributed by atoms with Gasteiger partial charge in [0.1, 0.15) is 11.3 Å². The minimum Gasteiger partial charge on any atom is -0.358 e. The van der Waals surface area contributed by atoms with E-state index in [0.29, 0.717) is 5.69 Å². The second-order valence-electron chi connectivity index (χ2n) is 2.85. The molecule has 0 amide bonds. The van der Waals surface area contributed by atoms with Gasteiger partial charge in [-0.1, -0.05) is 0 Å². The van der Waals surface area contributed by atoms with Gasteiger partial charge in [0.15, 0.2) is 0 Å². The molecule has 0 aliphatic rings. The molecule has 1 heterocycles. The molecule has 15 heavy (non-hydrogen) atoms. The molecule has 0 aliphatic heterocycles. The second kappa shape index (κ2) is 4.48. The molecule has 0 saturated heterocycles. The molecule has 82 valence electrons. The first-order valence-electron chi connectivity index (χ1n) is 3.96. The molecule has 1 aromatic rings. The van der Waals surface area contributed by atoms with E-state index in [0.717, 1.165) is 0 Å². The topological polar surface area (TPSA) is 56.0 Å². The number of nitrogens with zero attached hydrogens (tertiary/aromatic N) is 2. The highest BCUT2D eigenvalue weighted by Gasteiger charge is 2.27. The average Bonchev–Trinajstić information content (AvgIpc) is 2.15. The van der Waals surface area contributed by atoms with Crippen molar-refractivity contribution in [3.63, 3.8) is 0 Å². The van der Waals surface area contributed by atoms with Crippen LogP contribution in [0.1, 0.15) is 23.2 Å². The fourth-order valence-electron chi connectivity index (χ4n) is 1.22. The Kier molecular flexibility index (Phi) is 3.52. The van der Waals surface area contributed by atoms with Crippen LogP contribution in [0, 0.1) is 17.0 Å². The van der Waals surface area contributed by atoms with Crippen molar-refractivity contribution in [2.75, 3.05) is 0 Å². The van der Waals surface area contributed by atoms with Crippen LogP contribution in [-0.4, -0.2) is 9.91 Å². The van der Waals surface area contributed by atoms with Gasteiger partial charge >= 0.3 is 5.82 Å². The average molecular weight is 237 g/mol. The van der Waals surface area contributed by atoms with Crippen LogP contribution in [0.4, 0.5) is 14.6 Å². The number of pyridine rings is 1. The Bertz CT molecular complexity index is 398. The Morgan fingerprint density at radius 2 is 2.27 bits per heavy atom. The third-order valence-corrected chi connectivity index (χ3v) is 2.08. The number of alkyl halides is 3. The molecule has 0 aromatic carbocycles. The molecule has 0 atom stereocenters. The van der Waals surface area contributed by atoms with E-state index in [1.54, 1.807) is 0 Å². The lowest BCUT2D eigenvalue weighted by Crippen LogP contribution is -2.04. The highest BCUT2D eigenvalue weighted by atomic mass is 35.5. The standard InChI is InChI=1S/C8H7ClF2N2O2/c1-4-2-5(3-9)6(7(10)11)8(12-4)13(14)15/h2,7H,3H2,1H3. The molecule has 0 aliphatic carbocycles. The van der Waals surface area contributed by atoms with Crippen molar-refractivity contribution in [3.05, 3.63) is 33.0 Å². The van der Waals surface area contributed by atoms with E-state index in [1.807, 2.05) is 0 Å². The van der Waals surface area contributed by atoms with Crippen LogP contribution in [0.25, 0.3) is 0 Å². The molecule has 0 radical (unpaired) electrons. The van der Waals surface area contributed by atoms with E-state index in [4.69, 9.17) is 11.6 Å². The molecular formula is C8H7ClF2N2O2. The zero-order valence-corrected chi connectivity index (χ0v) is 8.46. The molecule has 0 fully saturated rings. The van der Waals surface area contributed by atoms with Crippen LogP contribution in [0.3, 0.4) is 0 Å². The van der Waals surface area contributed by atoms with Crippen LogP contribution in [0.5, 0.6) is 0 Å². The van der Waals surface area contributed by atoms with Gasteiger partial charge in [0, 0.05) is 12.8 Å². The minimum absolute atomic E-state index is 0.0471. The van der Waals surface area contributed by atoms with Crippen molar-refractivity contribution in [1.82, 2.24) is 4.98 Å². The first kappa shape index (κ1) is 11.8. The number of hydrogen-bond donors (Lipinski definition) is 0. The number of halogens is 3. The van der Waals surface area contributed by atoms with Crippen molar-refractivity contribution >= 4 is 17.4 Å². The van der Waals surface area contributed by atoms with Crippen LogP contribution in [0.15, 0.2) is 6.07 Å². The number of aryl methyl sites for hydroxylation is 1. The third kappa shape index (κ3) is 2.38. The SMILES string of the molecule is Cc1cc(CCl)c(C(F)F)c([N+](=O)[O-])n1. The third-order valence-electron chi connectivity index (χ3n) is 1.79. The van der Waals surface area contributed by atoms with Gasteiger partial charge in [0.25, 0.3) is 6.43 Å². The predicted octanol–water partition coefficient (Wildman–Crippen LogP) is 2.97. The molecule has 4 nitrogen and oxygen atoms in total. The van der Waals surface area contributed by atoms with Crippen molar-refractivity contribution < 1.29 is 13.7 Å². The van der Waals surface area contributed by atoms with Gasteiger partial charge in [-0.2, -0.15) is 0 Å². The molecule has 0 bridgehead atoms. The Morgan fingerprint density at radius 1 is 1.67 bits per heavy atom. The van der Waals surface area contributed by atoms with E-state index < -0.39 is 22.7 Å². The van der Waals surface area contributed by atoms with Gasteiger partial charge in [-0.25, -0.2) is 8.78 Å². The van der Waals surface area contributed by atoms with E-state index in [-0.39, 0.29) is 11.4 Å². The van der Waals surface area contributed by atoms with Crippen molar-refractivity contribution in [2.45, 2.75) is 19.2 Å². The summed E-state index contributed by atoms with van der Waals surface area (Å²) in [5.74, 6) is -1.02. The van der Waals surface area contributed by atoms with Gasteiger partial charge < -0.3 is 10.1 Å². The quantitative estimate of drug-likeness (QED) is 0.461. The van der Waals surface area contributed by atoms with Gasteiger partial charge in [0.2, 0.25) is 0 Å². The molecule has 7 heteroatoms. The predicted molar refractivity (Wildman–Crippen MR) is 50.1 cm³/mol. The van der Waals surface area contributed by atoms with E-state index >= 15 is 0 Å². The highest BCUT2D eigenvalue weighted by molar-refractivity contribution is 6.17. The molecule has 0 N–H and O–H groups in total. The summed E-state index contributed by atoms with van der Waals surface area (Å²) in [6.07, 6.45) is -2.95. The van der Waals surface area contributed by atoms with Crippen molar-refractivity contribution in [1.29, 1.82) is 0 Å². The fraction of sp³-hybridized carbons (Fsp3) is 0.375. The minimum atomic E-state index is -2.95. The summed E-state index contributed by atoms with van der Waals surface area (Å²) in [7, 11) is 0. The molecule has 0 saturated carbocycles. The maximum Gasteiger partial charge on any atom is 0.372 e. The number of hydrogen-bond acceptors (Lipinski definition) is 3. The maximum atomic E-state index is 12.6. The summed E-state index contributed by atoms with van der Waals surface area (Å²) < 4.78 is 25.1. The Morgan fingerprint density at radius 3 is 2.67 bits per heavy atom. The van der Waals surface area contributed by atoms with Crippen molar-refractivity contribution in [2.24, 2.45) is 0 Å². The van der Waals surface area contributed by atoms with E-state index in [9.17, 15) is 18.9 Å². The van der Waals surface area contributed by atoms with Crippen LogP contribution < -0.4 is 0 Å². The van der Waals surface area contributed by atoms with Crippen LogP contribution in [0.2, 0.25) is 0 Å². The summed E-state index contributed by atoms with van der Waals surface area (Å²) >= 11 is 5.44. The number of nitro groups is 1. The zero-order valence-electron chi connectivity index (χ0n) is 7.71. The largest absolute Gasteiger partial charge is 0.372 e. The molecule has 0 spiro atoms. The molecule has 1 aromatic heterocycles. The smallest absolute Gasteiger partial charge is 0.358 e. The lowest BCUT2D eigenvalue weighted by Gasteiger charge is -2.06. The van der Waals surface area contributed by atoms with Gasteiger partial charge in [-0.05, 0) is 21.5 Å². The first-order valence-corrected chi connectivity index (χ1v) is 4.49. The summed E-state index contributed by atoms with van der Waals surface area (Å²) in [4.78, 5) is 13.1. The van der Waals surface area contributed by atoms with Gasteiger partial charge in [-0.3, -0.25) is 0 Å². The lowest BCUT2D eigenvalue weighted by atomic mass is 10.1. The van der Waals surface area contributed by atoms with E-state index in [2.05, 4.69) is 4.98 Å². The Balaban J connectivity index is 3.47. The van der Waals surface area contributed by atoms with Gasteiger partial charge in [-0.15, -0.1) is 11.6 Å². The summed E-state index contributed by atoms with van der Waals surface area (Å²) in [5, 5.41) is 10.5. The number of rotatable bonds is 3. The molecule has 1 rings (SSSR count). The summed E-state index contributed by atoms with van der Waals surface area (Å²) in [6.45, 7) is 1.48. The lowest BCUT2D eigenvalue weighted by molar-refractivity contribution is -0.391. The first-order chi connectivity index (χ1) is 6.97.